The van der Waals surface area contributed by atoms with E-state index in [1.807, 2.05) is 62.8 Å². The highest BCUT2D eigenvalue weighted by atomic mass is 79.9. The molecular formula is C20H21BrN2O2. The van der Waals surface area contributed by atoms with Gasteiger partial charge in [-0.2, -0.15) is 0 Å². The van der Waals surface area contributed by atoms with Gasteiger partial charge in [-0.05, 0) is 49.8 Å². The van der Waals surface area contributed by atoms with Gasteiger partial charge in [0, 0.05) is 28.1 Å². The lowest BCUT2D eigenvalue weighted by Gasteiger charge is -2.11. The van der Waals surface area contributed by atoms with Crippen LogP contribution < -0.4 is 4.74 Å². The summed E-state index contributed by atoms with van der Waals surface area (Å²) in [4.78, 5) is 17.8. The lowest BCUT2D eigenvalue weighted by atomic mass is 10.1. The molecule has 0 amide bonds. The number of hydrogen-bond acceptors (Lipinski definition) is 3. The first-order valence-corrected chi connectivity index (χ1v) is 9.01. The minimum atomic E-state index is -0.265. The summed E-state index contributed by atoms with van der Waals surface area (Å²) in [6, 6.07) is 13.4. The molecule has 3 aromatic rings. The summed E-state index contributed by atoms with van der Waals surface area (Å²) in [7, 11) is 4.10. The van der Waals surface area contributed by atoms with Crippen molar-refractivity contribution in [1.29, 1.82) is 0 Å². The van der Waals surface area contributed by atoms with Crippen molar-refractivity contribution in [3.05, 3.63) is 64.3 Å². The smallest absolute Gasteiger partial charge is 0.315 e. The van der Waals surface area contributed by atoms with Crippen molar-refractivity contribution in [2.45, 2.75) is 12.8 Å². The normalized spacial score (nSPS) is 11.2. The van der Waals surface area contributed by atoms with Crippen LogP contribution in [0.5, 0.6) is 5.75 Å². The number of carbonyl (C=O) groups is 1. The predicted octanol–water partition coefficient (Wildman–Crippen LogP) is 4.18. The lowest BCUT2D eigenvalue weighted by Crippen LogP contribution is -2.15. The van der Waals surface area contributed by atoms with Crippen LogP contribution in [0.2, 0.25) is 0 Å². The number of halogens is 1. The van der Waals surface area contributed by atoms with Crippen molar-refractivity contribution in [1.82, 2.24) is 9.88 Å². The van der Waals surface area contributed by atoms with Gasteiger partial charge in [-0.25, -0.2) is 0 Å². The Balaban J connectivity index is 1.82. The molecule has 25 heavy (non-hydrogen) atoms. The minimum Gasteiger partial charge on any atom is -0.426 e. The standard InChI is InChI=1S/C20H21BrN2O2/c1-23(2)11-10-15-13-22-17-8-5-9-18(20(15)17)25-19(24)12-14-6-3-4-7-16(14)21/h3-9,13,22H,10-12H2,1-2H3. The van der Waals surface area contributed by atoms with Crippen LogP contribution in [0, 0.1) is 0 Å². The number of aromatic nitrogens is 1. The zero-order valence-corrected chi connectivity index (χ0v) is 16.0. The van der Waals surface area contributed by atoms with Crippen LogP contribution in [0.4, 0.5) is 0 Å². The number of benzene rings is 2. The molecule has 130 valence electrons. The van der Waals surface area contributed by atoms with Gasteiger partial charge in [-0.3, -0.25) is 4.79 Å². The molecule has 0 fully saturated rings. The second-order valence-electron chi connectivity index (χ2n) is 6.29. The molecule has 0 spiro atoms. The van der Waals surface area contributed by atoms with Gasteiger partial charge in [0.2, 0.25) is 0 Å². The average Bonchev–Trinajstić information content (AvgIpc) is 2.99. The molecule has 0 unspecified atom stereocenters. The molecule has 1 N–H and O–H groups in total. The molecule has 0 aliphatic rings. The SMILES string of the molecule is CN(C)CCc1c[nH]c2cccc(OC(=O)Cc3ccccc3Br)c12. The second-order valence-corrected chi connectivity index (χ2v) is 7.14. The summed E-state index contributed by atoms with van der Waals surface area (Å²) >= 11 is 3.47. The first-order chi connectivity index (χ1) is 12.0. The third kappa shape index (κ3) is 4.30. The number of H-pyrrole nitrogens is 1. The fraction of sp³-hybridized carbons (Fsp3) is 0.250. The molecule has 0 saturated carbocycles. The number of likely N-dealkylation sites (N-methyl/N-ethyl adjacent to an activating group) is 1. The van der Waals surface area contributed by atoms with Crippen molar-refractivity contribution >= 4 is 32.8 Å². The van der Waals surface area contributed by atoms with E-state index in [-0.39, 0.29) is 12.4 Å². The van der Waals surface area contributed by atoms with Gasteiger partial charge < -0.3 is 14.6 Å². The van der Waals surface area contributed by atoms with Gasteiger partial charge >= 0.3 is 5.97 Å². The molecule has 0 aliphatic carbocycles. The van der Waals surface area contributed by atoms with Gasteiger partial charge in [0.1, 0.15) is 5.75 Å². The maximum atomic E-state index is 12.4. The highest BCUT2D eigenvalue weighted by Gasteiger charge is 2.14. The predicted molar refractivity (Wildman–Crippen MR) is 104 cm³/mol. The van der Waals surface area contributed by atoms with Crippen molar-refractivity contribution in [3.8, 4) is 5.75 Å². The second kappa shape index (κ2) is 7.85. The fourth-order valence-electron chi connectivity index (χ4n) is 2.80. The molecule has 1 heterocycles. The van der Waals surface area contributed by atoms with Crippen LogP contribution in [-0.4, -0.2) is 36.5 Å². The summed E-state index contributed by atoms with van der Waals surface area (Å²) in [5.41, 5.74) is 3.06. The average molecular weight is 401 g/mol. The molecule has 0 aliphatic heterocycles. The van der Waals surface area contributed by atoms with Crippen molar-refractivity contribution in [3.63, 3.8) is 0 Å². The van der Waals surface area contributed by atoms with Gasteiger partial charge in [-0.15, -0.1) is 0 Å². The highest BCUT2D eigenvalue weighted by molar-refractivity contribution is 9.10. The van der Waals surface area contributed by atoms with E-state index in [4.69, 9.17) is 4.74 Å². The monoisotopic (exact) mass is 400 g/mol. The van der Waals surface area contributed by atoms with Crippen LogP contribution in [0.3, 0.4) is 0 Å². The minimum absolute atomic E-state index is 0.231. The first kappa shape index (κ1) is 17.7. The maximum absolute atomic E-state index is 12.4. The van der Waals surface area contributed by atoms with Gasteiger partial charge in [-0.1, -0.05) is 40.2 Å². The molecule has 3 rings (SSSR count). The number of rotatable bonds is 6. The van der Waals surface area contributed by atoms with Crippen molar-refractivity contribution in [2.24, 2.45) is 0 Å². The number of esters is 1. The molecule has 1 aromatic heterocycles. The Kier molecular flexibility index (Phi) is 5.56. The fourth-order valence-corrected chi connectivity index (χ4v) is 3.23. The van der Waals surface area contributed by atoms with Crippen LogP contribution in [-0.2, 0) is 17.6 Å². The van der Waals surface area contributed by atoms with Crippen LogP contribution in [0.15, 0.2) is 53.1 Å². The summed E-state index contributed by atoms with van der Waals surface area (Å²) in [5, 5.41) is 0.991. The summed E-state index contributed by atoms with van der Waals surface area (Å²) in [5.74, 6) is 0.351. The Morgan fingerprint density at radius 2 is 1.92 bits per heavy atom. The number of fused-ring (bicyclic) bond motifs is 1. The molecular weight excluding hydrogens is 380 g/mol. The first-order valence-electron chi connectivity index (χ1n) is 8.22. The summed E-state index contributed by atoms with van der Waals surface area (Å²) in [6.45, 7) is 0.937. The van der Waals surface area contributed by atoms with Crippen LogP contribution >= 0.6 is 15.9 Å². The topological polar surface area (TPSA) is 45.3 Å². The zero-order chi connectivity index (χ0) is 17.8. The molecule has 0 radical (unpaired) electrons. The largest absolute Gasteiger partial charge is 0.426 e. The van der Waals surface area contributed by atoms with Crippen LogP contribution in [0.25, 0.3) is 10.9 Å². The Labute approximate surface area is 155 Å². The molecule has 4 nitrogen and oxygen atoms in total. The Morgan fingerprint density at radius 1 is 1.12 bits per heavy atom. The number of nitrogens with one attached hydrogen (secondary N) is 1. The molecule has 0 bridgehead atoms. The molecule has 0 saturated heterocycles. The molecule has 0 atom stereocenters. The third-order valence-corrected chi connectivity index (χ3v) is 4.87. The summed E-state index contributed by atoms with van der Waals surface area (Å²) < 4.78 is 6.61. The number of aromatic amines is 1. The third-order valence-electron chi connectivity index (χ3n) is 4.09. The Bertz CT molecular complexity index is 886. The quantitative estimate of drug-likeness (QED) is 0.498. The maximum Gasteiger partial charge on any atom is 0.315 e. The number of nitrogens with zero attached hydrogens (tertiary/aromatic N) is 1. The van der Waals surface area contributed by atoms with Crippen molar-refractivity contribution < 1.29 is 9.53 Å². The van der Waals surface area contributed by atoms with E-state index >= 15 is 0 Å². The van der Waals surface area contributed by atoms with Gasteiger partial charge in [0.05, 0.1) is 6.42 Å². The van der Waals surface area contributed by atoms with E-state index in [1.54, 1.807) is 0 Å². The number of hydrogen-bond donors (Lipinski definition) is 1. The zero-order valence-electron chi connectivity index (χ0n) is 14.4. The molecule has 5 heteroatoms. The molecule has 2 aromatic carbocycles. The van der Waals surface area contributed by atoms with E-state index in [0.29, 0.717) is 5.75 Å². The van der Waals surface area contributed by atoms with E-state index in [9.17, 15) is 4.79 Å². The van der Waals surface area contributed by atoms with E-state index in [1.165, 1.54) is 0 Å². The Hall–Kier alpha value is -2.11. The number of ether oxygens (including phenoxy) is 1. The van der Waals surface area contributed by atoms with Gasteiger partial charge in [0.25, 0.3) is 0 Å². The van der Waals surface area contributed by atoms with E-state index in [2.05, 4.69) is 25.8 Å². The summed E-state index contributed by atoms with van der Waals surface area (Å²) in [6.07, 6.45) is 3.13. The van der Waals surface area contributed by atoms with E-state index < -0.39 is 0 Å². The van der Waals surface area contributed by atoms with Gasteiger partial charge in [0.15, 0.2) is 0 Å². The van der Waals surface area contributed by atoms with Crippen molar-refractivity contribution in [2.75, 3.05) is 20.6 Å². The van der Waals surface area contributed by atoms with E-state index in [0.717, 1.165) is 39.5 Å². The lowest BCUT2D eigenvalue weighted by molar-refractivity contribution is -0.133. The Morgan fingerprint density at radius 3 is 2.68 bits per heavy atom. The van der Waals surface area contributed by atoms with Crippen LogP contribution in [0.1, 0.15) is 11.1 Å². The number of carbonyl (C=O) groups excluding carboxylic acids is 1. The highest BCUT2D eigenvalue weighted by Crippen LogP contribution is 2.29.